The summed E-state index contributed by atoms with van der Waals surface area (Å²) in [5.74, 6) is 0. The molecule has 4 heteroatoms. The Hall–Kier alpha value is -6.88. The van der Waals surface area contributed by atoms with Crippen molar-refractivity contribution in [3.05, 3.63) is 181 Å². The van der Waals surface area contributed by atoms with Crippen LogP contribution in [0.2, 0.25) is 0 Å². The summed E-state index contributed by atoms with van der Waals surface area (Å²) >= 11 is 0. The summed E-state index contributed by atoms with van der Waals surface area (Å²) in [6, 6.07) is 54.7. The van der Waals surface area contributed by atoms with Gasteiger partial charge in [-0.3, -0.25) is 0 Å². The number of fused-ring (bicyclic) bond motifs is 6. The van der Waals surface area contributed by atoms with E-state index in [1.165, 1.54) is 16.3 Å². The van der Waals surface area contributed by atoms with Crippen molar-refractivity contribution in [3.8, 4) is 33.6 Å². The molecule has 0 aliphatic rings. The highest BCUT2D eigenvalue weighted by Gasteiger charge is 2.21. The van der Waals surface area contributed by atoms with Crippen LogP contribution in [0.25, 0.3) is 86.9 Å². The summed E-state index contributed by atoms with van der Waals surface area (Å²) in [7, 11) is 0. The minimum atomic E-state index is 0.459. The van der Waals surface area contributed by atoms with Gasteiger partial charge < -0.3 is 9.13 Å². The summed E-state index contributed by atoms with van der Waals surface area (Å²) in [5, 5.41) is 4.64. The summed E-state index contributed by atoms with van der Waals surface area (Å²) in [4.78, 5) is 7.54. The second kappa shape index (κ2) is 10.9. The second-order valence-electron chi connectivity index (χ2n) is 12.0. The lowest BCUT2D eigenvalue weighted by atomic mass is 9.93. The Morgan fingerprint density at radius 3 is 1.67 bits per heavy atom. The predicted molar refractivity (Wildman–Crippen MR) is 199 cm³/mol. The molecule has 9 rings (SSSR count). The average Bonchev–Trinajstić information content (AvgIpc) is 3.67. The van der Waals surface area contributed by atoms with Crippen molar-refractivity contribution in [1.82, 2.24) is 9.13 Å². The molecule has 222 valence electrons. The van der Waals surface area contributed by atoms with E-state index in [4.69, 9.17) is 13.1 Å². The van der Waals surface area contributed by atoms with Crippen LogP contribution in [0, 0.1) is 13.1 Å². The molecule has 0 saturated heterocycles. The van der Waals surface area contributed by atoms with E-state index in [1.807, 2.05) is 24.3 Å². The zero-order valence-corrected chi connectivity index (χ0v) is 25.8. The molecular formula is C44H26N4. The summed E-state index contributed by atoms with van der Waals surface area (Å²) < 4.78 is 4.63. The summed E-state index contributed by atoms with van der Waals surface area (Å²) in [5.41, 5.74) is 11.5. The largest absolute Gasteiger partial charge is 0.309 e. The van der Waals surface area contributed by atoms with Crippen molar-refractivity contribution in [2.75, 3.05) is 0 Å². The highest BCUT2D eigenvalue weighted by Crippen LogP contribution is 2.45. The second-order valence-corrected chi connectivity index (χ2v) is 12.0. The fraction of sp³-hybridized carbons (Fsp3) is 0. The third-order valence-corrected chi connectivity index (χ3v) is 9.32. The van der Waals surface area contributed by atoms with Crippen LogP contribution >= 0.6 is 0 Å². The lowest BCUT2D eigenvalue weighted by Gasteiger charge is -2.15. The van der Waals surface area contributed by atoms with Crippen molar-refractivity contribution in [2.45, 2.75) is 0 Å². The maximum Gasteiger partial charge on any atom is 0.184 e. The minimum Gasteiger partial charge on any atom is -0.309 e. The molecule has 0 aliphatic heterocycles. The molecule has 48 heavy (non-hydrogen) atoms. The van der Waals surface area contributed by atoms with E-state index < -0.39 is 0 Å². The molecule has 0 fully saturated rings. The normalized spacial score (nSPS) is 11.3. The first-order valence-corrected chi connectivity index (χ1v) is 15.8. The quantitative estimate of drug-likeness (QED) is 0.177. The fourth-order valence-electron chi connectivity index (χ4n) is 7.23. The van der Waals surface area contributed by atoms with Crippen LogP contribution in [0.5, 0.6) is 0 Å². The third-order valence-electron chi connectivity index (χ3n) is 9.32. The Bertz CT molecular complexity index is 2790. The number of nitrogens with zero attached hydrogens (tertiary/aromatic N) is 4. The Morgan fingerprint density at radius 2 is 0.979 bits per heavy atom. The van der Waals surface area contributed by atoms with E-state index in [0.29, 0.717) is 11.4 Å². The van der Waals surface area contributed by atoms with E-state index in [2.05, 4.69) is 146 Å². The van der Waals surface area contributed by atoms with Crippen LogP contribution < -0.4 is 0 Å². The Balaban J connectivity index is 1.38. The van der Waals surface area contributed by atoms with Gasteiger partial charge in [-0.1, -0.05) is 97.1 Å². The number of rotatable bonds is 4. The monoisotopic (exact) mass is 610 g/mol. The van der Waals surface area contributed by atoms with E-state index in [9.17, 15) is 0 Å². The maximum absolute atomic E-state index is 8.11. The lowest BCUT2D eigenvalue weighted by molar-refractivity contribution is 1.18. The topological polar surface area (TPSA) is 18.6 Å². The predicted octanol–water partition coefficient (Wildman–Crippen LogP) is 12.3. The van der Waals surface area contributed by atoms with Gasteiger partial charge in [0, 0.05) is 32.9 Å². The van der Waals surface area contributed by atoms with Crippen LogP contribution in [0.3, 0.4) is 0 Å². The van der Waals surface area contributed by atoms with Crippen LogP contribution in [0.15, 0.2) is 158 Å². The third kappa shape index (κ3) is 4.14. The number of hydrogen-bond donors (Lipinski definition) is 0. The van der Waals surface area contributed by atoms with Crippen LogP contribution in [-0.4, -0.2) is 9.13 Å². The zero-order valence-electron chi connectivity index (χ0n) is 25.8. The van der Waals surface area contributed by atoms with Gasteiger partial charge in [-0.2, -0.15) is 0 Å². The van der Waals surface area contributed by atoms with Crippen molar-refractivity contribution in [2.24, 2.45) is 0 Å². The highest BCUT2D eigenvalue weighted by molar-refractivity contribution is 6.17. The molecule has 0 unspecified atom stereocenters. The minimum absolute atomic E-state index is 0.459. The molecule has 0 amide bonds. The van der Waals surface area contributed by atoms with Gasteiger partial charge in [0.1, 0.15) is 0 Å². The van der Waals surface area contributed by atoms with Gasteiger partial charge in [-0.15, -0.1) is 0 Å². The first kappa shape index (κ1) is 27.4. The van der Waals surface area contributed by atoms with Crippen molar-refractivity contribution in [1.29, 1.82) is 0 Å². The lowest BCUT2D eigenvalue weighted by Crippen LogP contribution is -1.96. The van der Waals surface area contributed by atoms with Gasteiger partial charge >= 0.3 is 0 Å². The van der Waals surface area contributed by atoms with Gasteiger partial charge in [0.25, 0.3) is 0 Å². The van der Waals surface area contributed by atoms with Crippen molar-refractivity contribution >= 4 is 55.0 Å². The van der Waals surface area contributed by atoms with Crippen LogP contribution in [-0.2, 0) is 0 Å². The molecule has 0 spiro atoms. The molecule has 9 aromatic rings. The smallest absolute Gasteiger partial charge is 0.184 e. The maximum atomic E-state index is 8.11. The SMILES string of the molecule is [C-]#[N+]c1ccc(-c2cc(-c3ccc4c(c3)c3ccccc3n4-c3ccccc3)cc3c4ccccc4n(-c4ccccc4)c23)c([N+]#[C-])c1. The standard InChI is InChI=1S/C44H26N4/c1-45-31-22-23-34(40(28-31)46-2)38-26-30(27-39-36-18-10-12-20-42(36)48(44(38)39)33-15-7-4-8-16-33)29-21-24-43-37(25-29)35-17-9-11-19-41(35)47(43)32-13-5-3-6-14-32/h3-28H. The first-order valence-electron chi connectivity index (χ1n) is 15.8. The summed E-state index contributed by atoms with van der Waals surface area (Å²) in [6.45, 7) is 15.7. The van der Waals surface area contributed by atoms with Crippen molar-refractivity contribution < 1.29 is 0 Å². The summed E-state index contributed by atoms with van der Waals surface area (Å²) in [6.07, 6.45) is 0. The fourth-order valence-corrected chi connectivity index (χ4v) is 7.23. The molecular weight excluding hydrogens is 585 g/mol. The molecule has 0 N–H and O–H groups in total. The van der Waals surface area contributed by atoms with E-state index >= 15 is 0 Å². The first-order chi connectivity index (χ1) is 23.7. The van der Waals surface area contributed by atoms with Gasteiger partial charge in [0.15, 0.2) is 11.4 Å². The van der Waals surface area contributed by atoms with E-state index in [-0.39, 0.29) is 0 Å². The average molecular weight is 611 g/mol. The Kier molecular flexibility index (Phi) is 6.22. The molecule has 4 nitrogen and oxygen atoms in total. The van der Waals surface area contributed by atoms with E-state index in [1.54, 1.807) is 6.07 Å². The van der Waals surface area contributed by atoms with Gasteiger partial charge in [0.05, 0.1) is 35.2 Å². The van der Waals surface area contributed by atoms with Gasteiger partial charge in [0.2, 0.25) is 0 Å². The molecule has 2 aromatic heterocycles. The molecule has 0 saturated carbocycles. The number of benzene rings is 7. The van der Waals surface area contributed by atoms with Crippen molar-refractivity contribution in [3.63, 3.8) is 0 Å². The molecule has 0 aliphatic carbocycles. The molecule has 0 bridgehead atoms. The Labute approximate surface area is 277 Å². The van der Waals surface area contributed by atoms with Crippen LogP contribution in [0.4, 0.5) is 11.4 Å². The molecule has 2 heterocycles. The molecule has 0 radical (unpaired) electrons. The van der Waals surface area contributed by atoms with E-state index in [0.717, 1.165) is 61.0 Å². The van der Waals surface area contributed by atoms with Crippen LogP contribution in [0.1, 0.15) is 0 Å². The molecule has 0 atom stereocenters. The number of aromatic nitrogens is 2. The van der Waals surface area contributed by atoms with Gasteiger partial charge in [-0.05, 0) is 82.9 Å². The number of hydrogen-bond acceptors (Lipinski definition) is 0. The molecule has 7 aromatic carbocycles. The highest BCUT2D eigenvalue weighted by atomic mass is 15.0. The van der Waals surface area contributed by atoms with Gasteiger partial charge in [-0.25, -0.2) is 9.69 Å². The Morgan fingerprint density at radius 1 is 0.396 bits per heavy atom. The number of para-hydroxylation sites is 4. The zero-order chi connectivity index (χ0) is 32.2.